The Morgan fingerprint density at radius 1 is 1.22 bits per heavy atom. The molecule has 0 unspecified atom stereocenters. The number of rotatable bonds is 4. The van der Waals surface area contributed by atoms with E-state index >= 15 is 0 Å². The van der Waals surface area contributed by atoms with Crippen molar-refractivity contribution >= 4 is 18.4 Å². The summed E-state index contributed by atoms with van der Waals surface area (Å²) in [4.78, 5) is 11.4. The minimum absolute atomic E-state index is 0. The fraction of sp³-hybridized carbons (Fsp3) is 0.375. The molecule has 1 aromatic carbocycles. The van der Waals surface area contributed by atoms with Gasteiger partial charge in [-0.2, -0.15) is 0 Å². The number of hydrogen-bond acceptors (Lipinski definition) is 6. The zero-order chi connectivity index (χ0) is 15.4. The van der Waals surface area contributed by atoms with Crippen LogP contribution in [0.1, 0.15) is 5.69 Å². The summed E-state index contributed by atoms with van der Waals surface area (Å²) < 4.78 is 10.8. The molecular weight excluding hydrogens is 316 g/mol. The highest BCUT2D eigenvalue weighted by molar-refractivity contribution is 5.85. The number of aromatic nitrogens is 2. The first-order chi connectivity index (χ1) is 10.8. The van der Waals surface area contributed by atoms with E-state index in [2.05, 4.69) is 9.88 Å². The lowest BCUT2D eigenvalue weighted by atomic mass is 10.1. The van der Waals surface area contributed by atoms with Gasteiger partial charge in [-0.15, -0.1) is 12.4 Å². The van der Waals surface area contributed by atoms with Crippen molar-refractivity contribution in [3.63, 3.8) is 0 Å². The maximum absolute atomic E-state index is 5.80. The number of benzene rings is 1. The average molecular weight is 337 g/mol. The van der Waals surface area contributed by atoms with E-state index in [0.717, 1.165) is 35.8 Å². The summed E-state index contributed by atoms with van der Waals surface area (Å²) in [6, 6.07) is 9.74. The number of nitrogens with zero attached hydrogens (tertiary/aromatic N) is 3. The second kappa shape index (κ2) is 8.10. The van der Waals surface area contributed by atoms with Crippen molar-refractivity contribution in [3.05, 3.63) is 36.0 Å². The van der Waals surface area contributed by atoms with E-state index in [1.807, 2.05) is 30.3 Å². The fourth-order valence-corrected chi connectivity index (χ4v) is 2.49. The molecule has 0 spiro atoms. The molecule has 1 aliphatic heterocycles. The molecule has 0 bridgehead atoms. The summed E-state index contributed by atoms with van der Waals surface area (Å²) in [6.07, 6.45) is 0. The summed E-state index contributed by atoms with van der Waals surface area (Å²) in [7, 11) is 1.66. The molecule has 2 aromatic rings. The average Bonchev–Trinajstić information content (AvgIpc) is 2.62. The van der Waals surface area contributed by atoms with Crippen LogP contribution in [0, 0.1) is 0 Å². The first-order valence-electron chi connectivity index (χ1n) is 7.36. The van der Waals surface area contributed by atoms with Crippen LogP contribution in [0.3, 0.4) is 0 Å². The zero-order valence-corrected chi connectivity index (χ0v) is 13.9. The first kappa shape index (κ1) is 17.5. The third-order valence-corrected chi connectivity index (χ3v) is 3.65. The van der Waals surface area contributed by atoms with Crippen molar-refractivity contribution in [1.29, 1.82) is 0 Å². The molecular formula is C16H21ClN4O2. The Morgan fingerprint density at radius 3 is 2.65 bits per heavy atom. The van der Waals surface area contributed by atoms with Gasteiger partial charge in [-0.25, -0.2) is 9.97 Å². The Balaban J connectivity index is 0.00000192. The number of halogens is 1. The van der Waals surface area contributed by atoms with Crippen LogP contribution in [0.15, 0.2) is 30.3 Å². The van der Waals surface area contributed by atoms with E-state index < -0.39 is 0 Å². The third kappa shape index (κ3) is 3.90. The molecule has 2 heterocycles. The molecule has 1 fully saturated rings. The predicted octanol–water partition coefficient (Wildman–Crippen LogP) is 1.87. The van der Waals surface area contributed by atoms with E-state index in [1.165, 1.54) is 0 Å². The van der Waals surface area contributed by atoms with Crippen molar-refractivity contribution in [1.82, 2.24) is 9.97 Å². The number of morpholine rings is 1. The maximum Gasteiger partial charge on any atom is 0.226 e. The summed E-state index contributed by atoms with van der Waals surface area (Å²) in [5.74, 6) is 1.49. The van der Waals surface area contributed by atoms with Gasteiger partial charge in [0.15, 0.2) is 0 Å². The molecule has 124 valence electrons. The second-order valence-electron chi connectivity index (χ2n) is 5.05. The lowest BCUT2D eigenvalue weighted by Gasteiger charge is -2.27. The molecule has 0 saturated carbocycles. The molecule has 23 heavy (non-hydrogen) atoms. The Morgan fingerprint density at radius 2 is 1.96 bits per heavy atom. The SMILES string of the molecule is COc1ccccc1-c1cc(CN)nc(N2CCOCC2)n1.Cl. The molecule has 0 atom stereocenters. The number of ether oxygens (including phenoxy) is 2. The maximum atomic E-state index is 5.80. The van der Waals surface area contributed by atoms with Crippen LogP contribution in [0.2, 0.25) is 0 Å². The number of anilines is 1. The molecule has 1 aliphatic rings. The Labute approximate surface area is 142 Å². The van der Waals surface area contributed by atoms with Gasteiger partial charge in [0.1, 0.15) is 5.75 Å². The summed E-state index contributed by atoms with van der Waals surface area (Å²) in [5, 5.41) is 0. The minimum atomic E-state index is 0. The number of nitrogens with two attached hydrogens (primary N) is 1. The van der Waals surface area contributed by atoms with Gasteiger partial charge in [0, 0.05) is 25.2 Å². The van der Waals surface area contributed by atoms with Gasteiger partial charge >= 0.3 is 0 Å². The summed E-state index contributed by atoms with van der Waals surface area (Å²) in [5.41, 5.74) is 8.39. The van der Waals surface area contributed by atoms with Crippen LogP contribution in [-0.4, -0.2) is 43.4 Å². The number of para-hydroxylation sites is 1. The Kier molecular flexibility index (Phi) is 6.15. The second-order valence-corrected chi connectivity index (χ2v) is 5.05. The number of methoxy groups -OCH3 is 1. The minimum Gasteiger partial charge on any atom is -0.496 e. The molecule has 1 aromatic heterocycles. The molecule has 0 aliphatic carbocycles. The lowest BCUT2D eigenvalue weighted by Crippen LogP contribution is -2.37. The van der Waals surface area contributed by atoms with Crippen LogP contribution in [0.4, 0.5) is 5.95 Å². The molecule has 1 saturated heterocycles. The van der Waals surface area contributed by atoms with E-state index in [9.17, 15) is 0 Å². The van der Waals surface area contributed by atoms with Gasteiger partial charge in [-0.1, -0.05) is 12.1 Å². The topological polar surface area (TPSA) is 73.5 Å². The standard InChI is InChI=1S/C16H20N4O2.ClH/c1-21-15-5-3-2-4-13(15)14-10-12(11-17)18-16(19-14)20-6-8-22-9-7-20;/h2-5,10H,6-9,11,17H2,1H3;1H. The zero-order valence-electron chi connectivity index (χ0n) is 13.1. The fourth-order valence-electron chi connectivity index (χ4n) is 2.49. The van der Waals surface area contributed by atoms with E-state index in [-0.39, 0.29) is 12.4 Å². The van der Waals surface area contributed by atoms with Gasteiger partial charge in [-0.3, -0.25) is 0 Å². The van der Waals surface area contributed by atoms with Crippen molar-refractivity contribution in [2.45, 2.75) is 6.54 Å². The molecule has 2 N–H and O–H groups in total. The van der Waals surface area contributed by atoms with Gasteiger partial charge in [0.25, 0.3) is 0 Å². The van der Waals surface area contributed by atoms with Gasteiger partial charge < -0.3 is 20.1 Å². The van der Waals surface area contributed by atoms with Gasteiger partial charge in [0.2, 0.25) is 5.95 Å². The monoisotopic (exact) mass is 336 g/mol. The van der Waals surface area contributed by atoms with Crippen molar-refractivity contribution < 1.29 is 9.47 Å². The summed E-state index contributed by atoms with van der Waals surface area (Å²) >= 11 is 0. The highest BCUT2D eigenvalue weighted by Gasteiger charge is 2.17. The largest absolute Gasteiger partial charge is 0.496 e. The Hall–Kier alpha value is -1.89. The molecule has 0 amide bonds. The quantitative estimate of drug-likeness (QED) is 0.918. The molecule has 7 heteroatoms. The van der Waals surface area contributed by atoms with Crippen molar-refractivity contribution in [2.75, 3.05) is 38.3 Å². The molecule has 6 nitrogen and oxygen atoms in total. The van der Waals surface area contributed by atoms with Crippen molar-refractivity contribution in [2.24, 2.45) is 5.73 Å². The smallest absolute Gasteiger partial charge is 0.226 e. The third-order valence-electron chi connectivity index (χ3n) is 3.65. The van der Waals surface area contributed by atoms with Crippen molar-refractivity contribution in [3.8, 4) is 17.0 Å². The van der Waals surface area contributed by atoms with E-state index in [4.69, 9.17) is 20.2 Å². The van der Waals surface area contributed by atoms with Gasteiger partial charge in [-0.05, 0) is 18.2 Å². The van der Waals surface area contributed by atoms with Gasteiger partial charge in [0.05, 0.1) is 31.7 Å². The van der Waals surface area contributed by atoms with Crippen LogP contribution < -0.4 is 15.4 Å². The van der Waals surface area contributed by atoms with Crippen LogP contribution in [-0.2, 0) is 11.3 Å². The van der Waals surface area contributed by atoms with E-state index in [1.54, 1.807) is 7.11 Å². The summed E-state index contributed by atoms with van der Waals surface area (Å²) in [6.45, 7) is 3.35. The van der Waals surface area contributed by atoms with E-state index in [0.29, 0.717) is 25.7 Å². The lowest BCUT2D eigenvalue weighted by molar-refractivity contribution is 0.122. The normalized spacial score (nSPS) is 14.3. The predicted molar refractivity (Wildman–Crippen MR) is 92.2 cm³/mol. The Bertz CT molecular complexity index is 648. The van der Waals surface area contributed by atoms with Crippen LogP contribution in [0.25, 0.3) is 11.3 Å². The van der Waals surface area contributed by atoms with Crippen LogP contribution >= 0.6 is 12.4 Å². The highest BCUT2D eigenvalue weighted by Crippen LogP contribution is 2.29. The first-order valence-corrected chi connectivity index (χ1v) is 7.36. The molecule has 0 radical (unpaired) electrons. The van der Waals surface area contributed by atoms with Crippen LogP contribution in [0.5, 0.6) is 5.75 Å². The number of hydrogen-bond donors (Lipinski definition) is 1. The highest BCUT2D eigenvalue weighted by atomic mass is 35.5. The molecule has 3 rings (SSSR count).